The summed E-state index contributed by atoms with van der Waals surface area (Å²) in [5.74, 6) is -0.204. The number of anilines is 1. The number of amides is 1. The number of carbonyl (C=O) groups excluding carboxylic acids is 1. The minimum absolute atomic E-state index is 0.0399. The number of halogens is 1. The predicted octanol–water partition coefficient (Wildman–Crippen LogP) is 4.00. The van der Waals surface area contributed by atoms with E-state index < -0.39 is 11.7 Å². The molecule has 2 heterocycles. The highest BCUT2D eigenvalue weighted by molar-refractivity contribution is 7.16. The van der Waals surface area contributed by atoms with Crippen LogP contribution in [0, 0.1) is 5.82 Å². The molecule has 1 saturated carbocycles. The van der Waals surface area contributed by atoms with Crippen molar-refractivity contribution in [3.8, 4) is 5.75 Å². The number of ether oxygens (including phenoxy) is 1. The van der Waals surface area contributed by atoms with Crippen LogP contribution in [-0.2, 0) is 6.61 Å². The molecule has 1 aliphatic carbocycles. The summed E-state index contributed by atoms with van der Waals surface area (Å²) in [6.45, 7) is 0.0904. The Kier molecular flexibility index (Phi) is 4.95. The van der Waals surface area contributed by atoms with Gasteiger partial charge in [-0.3, -0.25) is 9.59 Å². The molecule has 0 spiro atoms. The van der Waals surface area contributed by atoms with Crippen LogP contribution in [0.1, 0.15) is 39.8 Å². The van der Waals surface area contributed by atoms with Gasteiger partial charge in [0.2, 0.25) is 4.96 Å². The number of hydrogen-bond acceptors (Lipinski definition) is 6. The zero-order chi connectivity index (χ0) is 21.4. The smallest absolute Gasteiger partial charge is 0.275 e. The van der Waals surface area contributed by atoms with Crippen molar-refractivity contribution in [1.82, 2.24) is 14.6 Å². The predicted molar refractivity (Wildman–Crippen MR) is 114 cm³/mol. The summed E-state index contributed by atoms with van der Waals surface area (Å²) in [6, 6.07) is 13.9. The second kappa shape index (κ2) is 7.92. The molecule has 2 aromatic carbocycles. The van der Waals surface area contributed by atoms with Crippen molar-refractivity contribution in [3.05, 3.63) is 87.0 Å². The third-order valence-corrected chi connectivity index (χ3v) is 5.91. The van der Waals surface area contributed by atoms with Crippen LogP contribution in [0.5, 0.6) is 5.75 Å². The Labute approximate surface area is 180 Å². The van der Waals surface area contributed by atoms with E-state index >= 15 is 0 Å². The molecule has 0 saturated heterocycles. The molecule has 156 valence electrons. The molecule has 7 nitrogen and oxygen atoms in total. The zero-order valence-electron chi connectivity index (χ0n) is 16.2. The molecule has 1 aliphatic rings. The minimum atomic E-state index is -0.590. The number of hydrogen-bond donors (Lipinski definition) is 1. The van der Waals surface area contributed by atoms with Gasteiger partial charge in [0.05, 0.1) is 11.3 Å². The van der Waals surface area contributed by atoms with E-state index in [4.69, 9.17) is 4.74 Å². The van der Waals surface area contributed by atoms with E-state index in [2.05, 4.69) is 15.4 Å². The van der Waals surface area contributed by atoms with Gasteiger partial charge in [-0.15, -0.1) is 0 Å². The number of nitrogens with one attached hydrogen (secondary N) is 1. The molecule has 0 radical (unpaired) electrons. The van der Waals surface area contributed by atoms with Crippen molar-refractivity contribution in [1.29, 1.82) is 0 Å². The van der Waals surface area contributed by atoms with Crippen LogP contribution in [0.4, 0.5) is 10.1 Å². The molecule has 1 N–H and O–H groups in total. The first kappa shape index (κ1) is 19.4. The van der Waals surface area contributed by atoms with Crippen LogP contribution < -0.4 is 15.6 Å². The molecule has 4 aromatic rings. The fourth-order valence-electron chi connectivity index (χ4n) is 3.10. The molecule has 0 atom stereocenters. The molecule has 9 heteroatoms. The van der Waals surface area contributed by atoms with E-state index in [0.29, 0.717) is 28.0 Å². The number of aromatic nitrogens is 3. The Morgan fingerprint density at radius 1 is 1.19 bits per heavy atom. The van der Waals surface area contributed by atoms with E-state index in [-0.39, 0.29) is 17.7 Å². The highest BCUT2D eigenvalue weighted by Crippen LogP contribution is 2.41. The molecule has 2 aromatic heterocycles. The van der Waals surface area contributed by atoms with Crippen molar-refractivity contribution in [2.24, 2.45) is 0 Å². The Hall–Kier alpha value is -3.59. The molecule has 1 amide bonds. The molecule has 31 heavy (non-hydrogen) atoms. The average Bonchev–Trinajstić information content (AvgIpc) is 3.52. The van der Waals surface area contributed by atoms with Crippen LogP contribution in [0.15, 0.2) is 59.4 Å². The van der Waals surface area contributed by atoms with Crippen molar-refractivity contribution in [2.75, 3.05) is 5.32 Å². The minimum Gasteiger partial charge on any atom is -0.487 e. The van der Waals surface area contributed by atoms with Gasteiger partial charge in [-0.1, -0.05) is 29.5 Å². The molecule has 0 bridgehead atoms. The van der Waals surface area contributed by atoms with Gasteiger partial charge < -0.3 is 10.1 Å². The molecule has 1 fully saturated rings. The van der Waals surface area contributed by atoms with E-state index in [9.17, 15) is 14.0 Å². The van der Waals surface area contributed by atoms with Crippen LogP contribution in [-0.4, -0.2) is 20.5 Å². The SMILES string of the molecule is O=C(Nc1cccc(OCc2cc(=O)n3nc(C4CC4)sc3n2)c1)c1ccccc1F. The number of benzene rings is 2. The van der Waals surface area contributed by atoms with Gasteiger partial charge in [0.1, 0.15) is 23.2 Å². The molecule has 5 rings (SSSR count). The fourth-order valence-corrected chi connectivity index (χ4v) is 4.20. The van der Waals surface area contributed by atoms with Gasteiger partial charge in [0.25, 0.3) is 11.5 Å². The standard InChI is InChI=1S/C22H17FN4O3S/c23-18-7-2-1-6-17(18)20(29)24-14-4-3-5-16(10-14)30-12-15-11-19(28)27-22(25-15)31-21(26-27)13-8-9-13/h1-7,10-11,13H,8-9,12H2,(H,24,29). The lowest BCUT2D eigenvalue weighted by Crippen LogP contribution is -2.16. The van der Waals surface area contributed by atoms with E-state index in [1.54, 1.807) is 30.3 Å². The molecule has 0 unspecified atom stereocenters. The topological polar surface area (TPSA) is 85.6 Å². The van der Waals surface area contributed by atoms with Crippen molar-refractivity contribution >= 4 is 27.9 Å². The van der Waals surface area contributed by atoms with Gasteiger partial charge in [0, 0.05) is 23.7 Å². The highest BCUT2D eigenvalue weighted by Gasteiger charge is 2.28. The summed E-state index contributed by atoms with van der Waals surface area (Å²) < 4.78 is 20.9. The van der Waals surface area contributed by atoms with E-state index in [1.807, 2.05) is 0 Å². The third-order valence-electron chi connectivity index (χ3n) is 4.84. The lowest BCUT2D eigenvalue weighted by atomic mass is 10.2. The Balaban J connectivity index is 1.29. The van der Waals surface area contributed by atoms with Gasteiger partial charge in [0.15, 0.2) is 0 Å². The van der Waals surface area contributed by atoms with Gasteiger partial charge in [-0.05, 0) is 37.1 Å². The maximum absolute atomic E-state index is 13.8. The normalized spacial score (nSPS) is 13.3. The first-order chi connectivity index (χ1) is 15.1. The summed E-state index contributed by atoms with van der Waals surface area (Å²) >= 11 is 1.43. The second-order valence-electron chi connectivity index (χ2n) is 7.25. The highest BCUT2D eigenvalue weighted by atomic mass is 32.1. The average molecular weight is 436 g/mol. The number of nitrogens with zero attached hydrogens (tertiary/aromatic N) is 3. The Morgan fingerprint density at radius 3 is 2.84 bits per heavy atom. The lowest BCUT2D eigenvalue weighted by Gasteiger charge is -2.09. The number of rotatable bonds is 6. The summed E-state index contributed by atoms with van der Waals surface area (Å²) in [5.41, 5.74) is 0.683. The summed E-state index contributed by atoms with van der Waals surface area (Å²) in [4.78, 5) is 29.7. The van der Waals surface area contributed by atoms with E-state index in [0.717, 1.165) is 17.8 Å². The molecular weight excluding hydrogens is 419 g/mol. The first-order valence-corrected chi connectivity index (χ1v) is 10.6. The quantitative estimate of drug-likeness (QED) is 0.494. The summed E-state index contributed by atoms with van der Waals surface area (Å²) in [6.07, 6.45) is 2.21. The summed E-state index contributed by atoms with van der Waals surface area (Å²) in [7, 11) is 0. The second-order valence-corrected chi connectivity index (χ2v) is 8.23. The monoisotopic (exact) mass is 436 g/mol. The molecular formula is C22H17FN4O3S. The summed E-state index contributed by atoms with van der Waals surface area (Å²) in [5, 5.41) is 7.96. The maximum Gasteiger partial charge on any atom is 0.275 e. The number of carbonyl (C=O) groups is 1. The largest absolute Gasteiger partial charge is 0.487 e. The Bertz CT molecular complexity index is 1350. The van der Waals surface area contributed by atoms with Gasteiger partial charge in [-0.25, -0.2) is 9.37 Å². The van der Waals surface area contributed by atoms with Gasteiger partial charge >= 0.3 is 0 Å². The van der Waals surface area contributed by atoms with Crippen molar-refractivity contribution < 1.29 is 13.9 Å². The third kappa shape index (κ3) is 4.17. The van der Waals surface area contributed by atoms with Crippen molar-refractivity contribution in [2.45, 2.75) is 25.4 Å². The Morgan fingerprint density at radius 2 is 2.03 bits per heavy atom. The van der Waals surface area contributed by atoms with Gasteiger partial charge in [-0.2, -0.15) is 9.61 Å². The van der Waals surface area contributed by atoms with Crippen LogP contribution in [0.25, 0.3) is 4.96 Å². The lowest BCUT2D eigenvalue weighted by molar-refractivity contribution is 0.102. The maximum atomic E-state index is 13.8. The van der Waals surface area contributed by atoms with E-state index in [1.165, 1.54) is 40.1 Å². The van der Waals surface area contributed by atoms with Crippen LogP contribution >= 0.6 is 11.3 Å². The zero-order valence-corrected chi connectivity index (χ0v) is 17.1. The van der Waals surface area contributed by atoms with Crippen LogP contribution in [0.2, 0.25) is 0 Å². The van der Waals surface area contributed by atoms with Crippen LogP contribution in [0.3, 0.4) is 0 Å². The fraction of sp³-hybridized carbons (Fsp3) is 0.182. The first-order valence-electron chi connectivity index (χ1n) is 9.75. The number of fused-ring (bicyclic) bond motifs is 1. The molecule has 0 aliphatic heterocycles. The van der Waals surface area contributed by atoms with Crippen molar-refractivity contribution in [3.63, 3.8) is 0 Å².